The predicted octanol–water partition coefficient (Wildman–Crippen LogP) is 6.88. The summed E-state index contributed by atoms with van der Waals surface area (Å²) in [6.07, 6.45) is 7.55. The van der Waals surface area contributed by atoms with Crippen LogP contribution in [0.3, 0.4) is 0 Å². The largest absolute Gasteiger partial charge is 0.504 e. The van der Waals surface area contributed by atoms with Gasteiger partial charge in [0.15, 0.2) is 23.0 Å². The zero-order valence-electron chi connectivity index (χ0n) is 31.1. The molecule has 12 heteroatoms. The van der Waals surface area contributed by atoms with Crippen molar-refractivity contribution in [3.05, 3.63) is 28.4 Å². The molecule has 1 aliphatic rings. The summed E-state index contributed by atoms with van der Waals surface area (Å²) in [5.74, 6) is -0.0371. The van der Waals surface area contributed by atoms with Gasteiger partial charge in [-0.3, -0.25) is 4.79 Å². The lowest BCUT2D eigenvalue weighted by Crippen LogP contribution is -2.60. The van der Waals surface area contributed by atoms with Crippen molar-refractivity contribution in [1.82, 2.24) is 0 Å². The van der Waals surface area contributed by atoms with Gasteiger partial charge in [0, 0.05) is 12.1 Å². The average molecular weight is 733 g/mol. The van der Waals surface area contributed by atoms with Crippen LogP contribution in [0.15, 0.2) is 27.4 Å². The van der Waals surface area contributed by atoms with Gasteiger partial charge in [-0.1, -0.05) is 97.8 Å². The second-order valence-electron chi connectivity index (χ2n) is 13.8. The lowest BCUT2D eigenvalue weighted by atomic mass is 9.99. The van der Waals surface area contributed by atoms with E-state index in [2.05, 4.69) is 20.8 Å². The number of aliphatic hydroxyl groups is 4. The minimum atomic E-state index is -1.76. The number of phenolic OH excluding ortho intramolecular Hbond substituents is 1. The molecule has 5 N–H and O–H groups in total. The van der Waals surface area contributed by atoms with Gasteiger partial charge in [0.05, 0.1) is 31.8 Å². The number of unbranched alkanes of at least 4 members (excludes halogenated alkanes) is 12. The SMILES string of the molecule is CCCCCCCOc1cc2oc3cc(OCCCCCCC)c(O[C@@H]4O[C@H](CO)[C@@H](O)[C@H](O)[C@H]4O)c(O)c3c(=O)c2cc1OCCCCCCC. The van der Waals surface area contributed by atoms with Crippen LogP contribution in [0.5, 0.6) is 28.7 Å². The standard InChI is InChI=1S/C40H60O12/c1-4-7-10-13-16-19-47-28-22-26-27(23-29(28)48-20-17-14-11-8-5-2)50-30-24-31(49-21-18-15-12-9-6-3)39(36(44)33(30)34(26)42)52-40-38(46)37(45)35(43)32(25-41)51-40/h22-24,32,35,37-38,40-41,43-46H,4-21,25H2,1-3H3/t32-,35-,37+,38-,40+/m1/s1. The monoisotopic (exact) mass is 732 g/mol. The van der Waals surface area contributed by atoms with Crippen LogP contribution in [0.2, 0.25) is 0 Å². The third-order valence-electron chi connectivity index (χ3n) is 9.52. The topological polar surface area (TPSA) is 178 Å². The number of rotatable bonds is 24. The van der Waals surface area contributed by atoms with Crippen LogP contribution in [0.1, 0.15) is 117 Å². The van der Waals surface area contributed by atoms with E-state index in [0.717, 1.165) is 83.5 Å². The van der Waals surface area contributed by atoms with E-state index in [9.17, 15) is 30.3 Å². The fraction of sp³-hybridized carbons (Fsp3) is 0.675. The molecule has 0 unspecified atom stereocenters. The third kappa shape index (κ3) is 10.9. The van der Waals surface area contributed by atoms with Crippen molar-refractivity contribution in [3.8, 4) is 28.7 Å². The van der Waals surface area contributed by atoms with Crippen LogP contribution in [0.25, 0.3) is 21.9 Å². The van der Waals surface area contributed by atoms with E-state index in [1.807, 2.05) is 0 Å². The first-order valence-electron chi connectivity index (χ1n) is 19.4. The highest BCUT2D eigenvalue weighted by Gasteiger charge is 2.45. The molecule has 292 valence electrons. The third-order valence-corrected chi connectivity index (χ3v) is 9.52. The highest BCUT2D eigenvalue weighted by atomic mass is 16.7. The molecular formula is C40H60O12. The van der Waals surface area contributed by atoms with Crippen LogP contribution < -0.4 is 24.4 Å². The maximum absolute atomic E-state index is 14.2. The van der Waals surface area contributed by atoms with E-state index in [1.165, 1.54) is 12.5 Å². The zero-order valence-corrected chi connectivity index (χ0v) is 31.1. The number of hydrogen-bond acceptors (Lipinski definition) is 12. The summed E-state index contributed by atoms with van der Waals surface area (Å²) in [5.41, 5.74) is -0.286. The van der Waals surface area contributed by atoms with E-state index in [0.29, 0.717) is 31.1 Å². The molecule has 0 aliphatic carbocycles. The van der Waals surface area contributed by atoms with E-state index in [4.69, 9.17) is 28.1 Å². The van der Waals surface area contributed by atoms with Crippen LogP contribution in [-0.4, -0.2) is 82.7 Å². The Balaban J connectivity index is 1.73. The van der Waals surface area contributed by atoms with Gasteiger partial charge < -0.3 is 53.6 Å². The first-order valence-corrected chi connectivity index (χ1v) is 19.4. The lowest BCUT2D eigenvalue weighted by Gasteiger charge is -2.39. The van der Waals surface area contributed by atoms with Crippen LogP contribution in [-0.2, 0) is 4.74 Å². The number of ether oxygens (including phenoxy) is 5. The lowest BCUT2D eigenvalue weighted by molar-refractivity contribution is -0.277. The average Bonchev–Trinajstić information content (AvgIpc) is 3.14. The highest BCUT2D eigenvalue weighted by Crippen LogP contribution is 2.45. The molecule has 0 bridgehead atoms. The summed E-state index contributed by atoms with van der Waals surface area (Å²) < 4.78 is 36.1. The normalized spacial score (nSPS) is 20.4. The van der Waals surface area contributed by atoms with Crippen LogP contribution in [0.4, 0.5) is 0 Å². The zero-order chi connectivity index (χ0) is 37.5. The summed E-state index contributed by atoms with van der Waals surface area (Å²) in [7, 11) is 0. The molecule has 1 aromatic heterocycles. The second-order valence-corrected chi connectivity index (χ2v) is 13.8. The summed E-state index contributed by atoms with van der Waals surface area (Å²) in [5, 5.41) is 52.7. The Kier molecular flexibility index (Phi) is 17.1. The molecule has 1 saturated heterocycles. The van der Waals surface area contributed by atoms with Crippen molar-refractivity contribution < 1.29 is 53.6 Å². The molecular weight excluding hydrogens is 672 g/mol. The number of phenols is 1. The predicted molar refractivity (Wildman–Crippen MR) is 199 cm³/mol. The molecule has 52 heavy (non-hydrogen) atoms. The maximum Gasteiger partial charge on any atom is 0.229 e. The number of hydrogen-bond donors (Lipinski definition) is 5. The van der Waals surface area contributed by atoms with Gasteiger partial charge in [0.1, 0.15) is 41.0 Å². The number of aliphatic hydroxyl groups excluding tert-OH is 4. The smallest absolute Gasteiger partial charge is 0.229 e. The van der Waals surface area contributed by atoms with Crippen molar-refractivity contribution in [2.75, 3.05) is 26.4 Å². The summed E-state index contributed by atoms with van der Waals surface area (Å²) >= 11 is 0. The van der Waals surface area contributed by atoms with Crippen molar-refractivity contribution in [2.45, 2.75) is 148 Å². The molecule has 0 radical (unpaired) electrons. The highest BCUT2D eigenvalue weighted by molar-refractivity contribution is 5.96. The van der Waals surface area contributed by atoms with Gasteiger partial charge in [0.2, 0.25) is 17.5 Å². The molecule has 0 amide bonds. The maximum atomic E-state index is 14.2. The molecule has 3 aromatic rings. The van der Waals surface area contributed by atoms with Crippen molar-refractivity contribution in [2.24, 2.45) is 0 Å². The Bertz CT molecular complexity index is 1570. The van der Waals surface area contributed by atoms with Gasteiger partial charge in [-0.25, -0.2) is 0 Å². The molecule has 4 rings (SSSR count). The Morgan fingerprint density at radius 2 is 1.13 bits per heavy atom. The van der Waals surface area contributed by atoms with E-state index >= 15 is 0 Å². The fourth-order valence-corrected chi connectivity index (χ4v) is 6.35. The van der Waals surface area contributed by atoms with Gasteiger partial charge in [-0.05, 0) is 25.3 Å². The Hall–Kier alpha value is -3.29. The molecule has 2 heterocycles. The molecule has 2 aromatic carbocycles. The van der Waals surface area contributed by atoms with Gasteiger partial charge >= 0.3 is 0 Å². The molecule has 0 spiro atoms. The van der Waals surface area contributed by atoms with Gasteiger partial charge in [-0.15, -0.1) is 0 Å². The van der Waals surface area contributed by atoms with Crippen molar-refractivity contribution >= 4 is 21.9 Å². The molecule has 12 nitrogen and oxygen atoms in total. The summed E-state index contributed by atoms with van der Waals surface area (Å²) in [4.78, 5) is 14.2. The number of benzene rings is 2. The summed E-state index contributed by atoms with van der Waals surface area (Å²) in [6, 6.07) is 4.67. The number of aromatic hydroxyl groups is 1. The minimum Gasteiger partial charge on any atom is -0.504 e. The van der Waals surface area contributed by atoms with E-state index in [1.54, 1.807) is 12.1 Å². The first-order chi connectivity index (χ1) is 25.2. The van der Waals surface area contributed by atoms with E-state index < -0.39 is 48.5 Å². The van der Waals surface area contributed by atoms with Crippen molar-refractivity contribution in [1.29, 1.82) is 0 Å². The molecule has 5 atom stereocenters. The van der Waals surface area contributed by atoms with Crippen LogP contribution in [0, 0.1) is 0 Å². The van der Waals surface area contributed by atoms with Crippen LogP contribution >= 0.6 is 0 Å². The first kappa shape index (κ1) is 41.5. The quantitative estimate of drug-likeness (QED) is 0.0477. The molecule has 0 saturated carbocycles. The molecule has 1 aliphatic heterocycles. The number of fused-ring (bicyclic) bond motifs is 2. The van der Waals surface area contributed by atoms with Gasteiger partial charge in [0.25, 0.3) is 0 Å². The Morgan fingerprint density at radius 3 is 1.67 bits per heavy atom. The summed E-state index contributed by atoms with van der Waals surface area (Å²) in [6.45, 7) is 6.98. The second kappa shape index (κ2) is 21.4. The Morgan fingerprint density at radius 1 is 0.635 bits per heavy atom. The van der Waals surface area contributed by atoms with Crippen molar-refractivity contribution in [3.63, 3.8) is 0 Å². The fourth-order valence-electron chi connectivity index (χ4n) is 6.35. The Labute approximate surface area is 306 Å². The van der Waals surface area contributed by atoms with Gasteiger partial charge in [-0.2, -0.15) is 0 Å². The minimum absolute atomic E-state index is 0.0199. The molecule has 1 fully saturated rings. The van der Waals surface area contributed by atoms with E-state index in [-0.39, 0.29) is 40.0 Å².